The van der Waals surface area contributed by atoms with Crippen LogP contribution in [0.25, 0.3) is 0 Å². The number of benzene rings is 2. The van der Waals surface area contributed by atoms with Crippen molar-refractivity contribution in [2.24, 2.45) is 5.10 Å². The Hall–Kier alpha value is -2.54. The average Bonchev–Trinajstić information content (AvgIpc) is 2.65. The maximum absolute atomic E-state index is 13.5. The number of carbonyl (C=O) groups is 1. The van der Waals surface area contributed by atoms with Crippen molar-refractivity contribution in [3.63, 3.8) is 0 Å². The van der Waals surface area contributed by atoms with Crippen LogP contribution in [0.15, 0.2) is 52.5 Å². The lowest BCUT2D eigenvalue weighted by atomic mass is 10.1. The van der Waals surface area contributed by atoms with Crippen LogP contribution in [-0.4, -0.2) is 30.1 Å². The Kier molecular flexibility index (Phi) is 4.31. The Morgan fingerprint density at radius 2 is 2.08 bits per heavy atom. The maximum Gasteiger partial charge on any atom is 0.284 e. The molecule has 0 saturated heterocycles. The Balaban J connectivity index is 1.48. The van der Waals surface area contributed by atoms with Crippen LogP contribution in [0.4, 0.5) is 4.39 Å². The fourth-order valence-corrected chi connectivity index (χ4v) is 3.72. The van der Waals surface area contributed by atoms with E-state index in [-0.39, 0.29) is 12.4 Å². The number of nitrogens with zero attached hydrogens (tertiary/aromatic N) is 1. The molecule has 0 bridgehead atoms. The van der Waals surface area contributed by atoms with E-state index in [9.17, 15) is 9.18 Å². The van der Waals surface area contributed by atoms with E-state index in [1.54, 1.807) is 30.0 Å². The van der Waals surface area contributed by atoms with E-state index in [4.69, 9.17) is 9.47 Å². The molecule has 7 heteroatoms. The number of hydrazone groups is 1. The molecule has 2 heterocycles. The third-order valence-corrected chi connectivity index (χ3v) is 5.03. The summed E-state index contributed by atoms with van der Waals surface area (Å²) in [5, 5.41) is 4.20. The normalized spacial score (nSPS) is 20.0. The molecule has 0 spiro atoms. The van der Waals surface area contributed by atoms with Crippen molar-refractivity contribution >= 4 is 23.4 Å². The molecule has 1 unspecified atom stereocenters. The number of rotatable bonds is 2. The standard InChI is InChI=1S/C18H15FN2O3S/c19-11-5-6-17-12(9-11)13(7-8-25-17)20-21-18(22)16-10-23-14-3-1-2-4-15(14)24-16/h1-6,9,16H,7-8,10H2,(H,21,22). The van der Waals surface area contributed by atoms with Crippen LogP contribution in [0.3, 0.4) is 0 Å². The molecule has 0 aromatic heterocycles. The number of halogens is 1. The number of ether oxygens (including phenoxy) is 2. The van der Waals surface area contributed by atoms with E-state index in [0.717, 1.165) is 16.2 Å². The molecule has 1 N–H and O–H groups in total. The van der Waals surface area contributed by atoms with Gasteiger partial charge in [-0.15, -0.1) is 11.8 Å². The van der Waals surface area contributed by atoms with E-state index in [0.29, 0.717) is 23.6 Å². The molecule has 2 aliphatic heterocycles. The second-order valence-electron chi connectivity index (χ2n) is 5.64. The molecule has 5 nitrogen and oxygen atoms in total. The Morgan fingerprint density at radius 1 is 1.24 bits per heavy atom. The predicted molar refractivity (Wildman–Crippen MR) is 92.8 cm³/mol. The Labute approximate surface area is 148 Å². The molecule has 1 amide bonds. The number of carbonyl (C=O) groups excluding carboxylic acids is 1. The molecule has 2 aromatic rings. The first-order valence-corrected chi connectivity index (χ1v) is 8.87. The molecule has 4 rings (SSSR count). The third-order valence-electron chi connectivity index (χ3n) is 3.95. The number of nitrogens with one attached hydrogen (secondary N) is 1. The number of hydrogen-bond acceptors (Lipinski definition) is 5. The summed E-state index contributed by atoms with van der Waals surface area (Å²) in [6.07, 6.45) is -0.115. The van der Waals surface area contributed by atoms with E-state index in [1.807, 2.05) is 12.1 Å². The van der Waals surface area contributed by atoms with Crippen LogP contribution >= 0.6 is 11.8 Å². The Morgan fingerprint density at radius 3 is 2.96 bits per heavy atom. The molecule has 0 saturated carbocycles. The topological polar surface area (TPSA) is 59.9 Å². The molecular weight excluding hydrogens is 343 g/mol. The van der Waals surface area contributed by atoms with Crippen LogP contribution in [0.2, 0.25) is 0 Å². The first kappa shape index (κ1) is 16.0. The van der Waals surface area contributed by atoms with Gasteiger partial charge in [-0.1, -0.05) is 12.1 Å². The fourth-order valence-electron chi connectivity index (χ4n) is 2.71. The molecule has 2 aliphatic rings. The summed E-state index contributed by atoms with van der Waals surface area (Å²) < 4.78 is 24.7. The second-order valence-corrected chi connectivity index (χ2v) is 6.77. The zero-order valence-corrected chi connectivity index (χ0v) is 14.0. The van der Waals surface area contributed by atoms with Gasteiger partial charge in [0.15, 0.2) is 11.5 Å². The third kappa shape index (κ3) is 3.32. The van der Waals surface area contributed by atoms with Crippen molar-refractivity contribution in [2.45, 2.75) is 17.4 Å². The van der Waals surface area contributed by atoms with E-state index in [1.165, 1.54) is 12.1 Å². The minimum Gasteiger partial charge on any atom is -0.485 e. The largest absolute Gasteiger partial charge is 0.485 e. The number of hydrogen-bond donors (Lipinski definition) is 1. The van der Waals surface area contributed by atoms with Gasteiger partial charge in [0.25, 0.3) is 5.91 Å². The number of amides is 1. The predicted octanol–water partition coefficient (Wildman–Crippen LogP) is 2.98. The highest BCUT2D eigenvalue weighted by molar-refractivity contribution is 7.99. The number of thioether (sulfide) groups is 1. The fraction of sp³-hybridized carbons (Fsp3) is 0.222. The molecule has 2 aromatic carbocycles. The minimum absolute atomic E-state index is 0.120. The zero-order valence-electron chi connectivity index (χ0n) is 13.2. The van der Waals surface area contributed by atoms with Gasteiger partial charge in [-0.3, -0.25) is 4.79 Å². The van der Waals surface area contributed by atoms with Gasteiger partial charge >= 0.3 is 0 Å². The maximum atomic E-state index is 13.5. The van der Waals surface area contributed by atoms with Crippen LogP contribution in [0.5, 0.6) is 11.5 Å². The van der Waals surface area contributed by atoms with Gasteiger partial charge in [-0.05, 0) is 30.3 Å². The van der Waals surface area contributed by atoms with Gasteiger partial charge in [0.1, 0.15) is 12.4 Å². The molecule has 25 heavy (non-hydrogen) atoms. The molecule has 0 fully saturated rings. The summed E-state index contributed by atoms with van der Waals surface area (Å²) in [6, 6.07) is 11.8. The summed E-state index contributed by atoms with van der Waals surface area (Å²) in [5.41, 5.74) is 3.92. The van der Waals surface area contributed by atoms with Crippen LogP contribution in [0, 0.1) is 5.82 Å². The summed E-state index contributed by atoms with van der Waals surface area (Å²) in [7, 11) is 0. The monoisotopic (exact) mass is 358 g/mol. The highest BCUT2D eigenvalue weighted by Gasteiger charge is 2.27. The van der Waals surface area contributed by atoms with E-state index in [2.05, 4.69) is 10.5 Å². The van der Waals surface area contributed by atoms with Crippen LogP contribution in [0.1, 0.15) is 12.0 Å². The summed E-state index contributed by atoms with van der Waals surface area (Å²) >= 11 is 1.65. The lowest BCUT2D eigenvalue weighted by Crippen LogP contribution is -2.42. The van der Waals surface area contributed by atoms with Crippen LogP contribution in [-0.2, 0) is 4.79 Å². The number of para-hydroxylation sites is 2. The molecule has 128 valence electrons. The van der Waals surface area contributed by atoms with Gasteiger partial charge in [0.05, 0.1) is 5.71 Å². The number of fused-ring (bicyclic) bond motifs is 2. The highest BCUT2D eigenvalue weighted by atomic mass is 32.2. The van der Waals surface area contributed by atoms with Crippen molar-refractivity contribution in [2.75, 3.05) is 12.4 Å². The van der Waals surface area contributed by atoms with Crippen molar-refractivity contribution in [1.29, 1.82) is 0 Å². The minimum atomic E-state index is -0.774. The van der Waals surface area contributed by atoms with Gasteiger partial charge < -0.3 is 9.47 Å². The second kappa shape index (κ2) is 6.76. The van der Waals surface area contributed by atoms with E-state index >= 15 is 0 Å². The molecular formula is C18H15FN2O3S. The Bertz CT molecular complexity index is 856. The zero-order chi connectivity index (χ0) is 17.2. The summed E-state index contributed by atoms with van der Waals surface area (Å²) in [6.45, 7) is 0.120. The first-order valence-electron chi connectivity index (χ1n) is 7.88. The molecule has 1 atom stereocenters. The van der Waals surface area contributed by atoms with Crippen molar-refractivity contribution < 1.29 is 18.7 Å². The average molecular weight is 358 g/mol. The van der Waals surface area contributed by atoms with E-state index < -0.39 is 12.0 Å². The van der Waals surface area contributed by atoms with Crippen molar-refractivity contribution in [3.8, 4) is 11.5 Å². The SMILES string of the molecule is O=C(NN=C1CCSc2ccc(F)cc21)C1COc2ccccc2O1. The smallest absolute Gasteiger partial charge is 0.284 e. The molecule has 0 aliphatic carbocycles. The van der Waals surface area contributed by atoms with Gasteiger partial charge in [-0.2, -0.15) is 5.10 Å². The van der Waals surface area contributed by atoms with Gasteiger partial charge in [0.2, 0.25) is 6.10 Å². The summed E-state index contributed by atoms with van der Waals surface area (Å²) in [4.78, 5) is 13.3. The van der Waals surface area contributed by atoms with Crippen LogP contribution < -0.4 is 14.9 Å². The first-order chi connectivity index (χ1) is 12.2. The summed E-state index contributed by atoms with van der Waals surface area (Å²) in [5.74, 6) is 1.28. The van der Waals surface area contributed by atoms with Gasteiger partial charge in [-0.25, -0.2) is 9.82 Å². The lowest BCUT2D eigenvalue weighted by Gasteiger charge is -2.25. The van der Waals surface area contributed by atoms with Gasteiger partial charge in [0, 0.05) is 22.6 Å². The molecule has 0 radical (unpaired) electrons. The van der Waals surface area contributed by atoms with Crippen molar-refractivity contribution in [3.05, 3.63) is 53.8 Å². The quantitative estimate of drug-likeness (QED) is 0.839. The lowest BCUT2D eigenvalue weighted by molar-refractivity contribution is -0.130. The van der Waals surface area contributed by atoms with Crippen molar-refractivity contribution in [1.82, 2.24) is 5.43 Å². The highest BCUT2D eigenvalue weighted by Crippen LogP contribution is 2.32.